The Labute approximate surface area is 194 Å². The molecule has 1 heterocycles. The van der Waals surface area contributed by atoms with Crippen molar-refractivity contribution < 1.29 is 32.6 Å². The van der Waals surface area contributed by atoms with Crippen LogP contribution in [-0.2, 0) is 23.2 Å². The van der Waals surface area contributed by atoms with Gasteiger partial charge in [0.25, 0.3) is 0 Å². The van der Waals surface area contributed by atoms with E-state index in [1.54, 1.807) is 14.4 Å². The first-order valence-electron chi connectivity index (χ1n) is 10.7. The van der Waals surface area contributed by atoms with Gasteiger partial charge in [0.15, 0.2) is 0 Å². The molecule has 1 unspecified atom stereocenters. The molecule has 0 amide bonds. The summed E-state index contributed by atoms with van der Waals surface area (Å²) in [5, 5.41) is 1.39. The van der Waals surface area contributed by atoms with E-state index in [1.165, 1.54) is 52.7 Å². The predicted molar refractivity (Wildman–Crippen MR) is 120 cm³/mol. The van der Waals surface area contributed by atoms with Gasteiger partial charge < -0.3 is 9.41 Å². The standard InChI is InChI=1S/C19H16N.C8H11.2FH.Zr/c1-13-14(2)20(19-10-6-5-9-18(13)19)17-11-15-7-3-4-8-16(15)12-17;1-2-5-8-6-3-4-7-8;;;/h3-12H,1-2H3;3,6H,2,4-5H2,1H3;2*1H;/q;;;;+2/p-2. The van der Waals surface area contributed by atoms with Gasteiger partial charge in [-0.05, 0) is 0 Å². The number of benzene rings is 2. The number of para-hydroxylation sites is 1. The van der Waals surface area contributed by atoms with Crippen molar-refractivity contribution in [3.05, 3.63) is 91.9 Å². The minimum absolute atomic E-state index is 0. The third-order valence-electron chi connectivity index (χ3n) is 6.46. The van der Waals surface area contributed by atoms with Crippen LogP contribution in [0.1, 0.15) is 52.2 Å². The van der Waals surface area contributed by atoms with Crippen LogP contribution >= 0.6 is 0 Å². The van der Waals surface area contributed by atoms with Gasteiger partial charge in [0.2, 0.25) is 0 Å². The van der Waals surface area contributed by atoms with Gasteiger partial charge in [-0.1, -0.05) is 0 Å². The van der Waals surface area contributed by atoms with E-state index in [0.29, 0.717) is 3.63 Å². The van der Waals surface area contributed by atoms with E-state index in [-0.39, 0.29) is 9.41 Å². The minimum atomic E-state index is -0.800. The Morgan fingerprint density at radius 1 is 1.00 bits per heavy atom. The van der Waals surface area contributed by atoms with Crippen LogP contribution < -0.4 is 9.41 Å². The van der Waals surface area contributed by atoms with Gasteiger partial charge in [-0.2, -0.15) is 0 Å². The van der Waals surface area contributed by atoms with Crippen LogP contribution in [0.5, 0.6) is 0 Å². The second-order valence-corrected chi connectivity index (χ2v) is 11.8. The molecule has 0 spiro atoms. The Kier molecular flexibility index (Phi) is 7.32. The zero-order valence-electron chi connectivity index (χ0n) is 18.3. The summed E-state index contributed by atoms with van der Waals surface area (Å²) < 4.78 is 4.96. The van der Waals surface area contributed by atoms with E-state index in [0.717, 1.165) is 0 Å². The molecule has 0 N–H and O–H groups in total. The van der Waals surface area contributed by atoms with Crippen molar-refractivity contribution in [1.82, 2.24) is 4.57 Å². The van der Waals surface area contributed by atoms with E-state index in [1.807, 2.05) is 0 Å². The van der Waals surface area contributed by atoms with E-state index in [2.05, 4.69) is 92.1 Å². The molecule has 3 aromatic rings. The quantitative estimate of drug-likeness (QED) is 0.506. The van der Waals surface area contributed by atoms with Gasteiger partial charge in [-0.15, -0.1) is 0 Å². The second-order valence-electron chi connectivity index (χ2n) is 8.20. The Hall–Kier alpha value is -2.06. The molecule has 0 bridgehead atoms. The largest absolute Gasteiger partial charge is 1.00 e. The van der Waals surface area contributed by atoms with Crippen LogP contribution in [0.2, 0.25) is 0 Å². The van der Waals surface area contributed by atoms with E-state index < -0.39 is 23.2 Å². The van der Waals surface area contributed by atoms with E-state index in [4.69, 9.17) is 0 Å². The van der Waals surface area contributed by atoms with Crippen LogP contribution in [0.4, 0.5) is 0 Å². The molecular weight excluding hydrogens is 468 g/mol. The second kappa shape index (κ2) is 9.61. The Morgan fingerprint density at radius 2 is 1.74 bits per heavy atom. The summed E-state index contributed by atoms with van der Waals surface area (Å²) in [5.74, 6) is 0. The molecule has 1 aromatic heterocycles. The number of fused-ring (bicyclic) bond motifs is 2. The number of aryl methyl sites for hydroxylation is 1. The Balaban J connectivity index is 0.00000136. The number of aromatic nitrogens is 1. The number of nitrogens with zero attached hydrogens (tertiary/aromatic N) is 1. The summed E-state index contributed by atoms with van der Waals surface area (Å²) in [4.78, 5) is 0. The Morgan fingerprint density at radius 3 is 2.55 bits per heavy atom. The van der Waals surface area contributed by atoms with Crippen LogP contribution in [0.25, 0.3) is 22.7 Å². The third kappa shape index (κ3) is 3.96. The maximum absolute atomic E-state index is 2.57. The first kappa shape index (κ1) is 23.6. The van der Waals surface area contributed by atoms with Gasteiger partial charge in [-0.25, -0.2) is 0 Å². The van der Waals surface area contributed by atoms with Crippen molar-refractivity contribution in [2.45, 2.75) is 43.7 Å². The number of rotatable bonds is 5. The minimum Gasteiger partial charge on any atom is -1.00 e. The first-order valence-corrected chi connectivity index (χ1v) is 13.4. The maximum atomic E-state index is 2.57. The molecule has 31 heavy (non-hydrogen) atoms. The molecule has 2 aliphatic rings. The van der Waals surface area contributed by atoms with Crippen LogP contribution in [0.15, 0.2) is 69.5 Å². The summed E-state index contributed by atoms with van der Waals surface area (Å²) in [6.07, 6.45) is 11.0. The molecule has 0 radical (unpaired) electrons. The van der Waals surface area contributed by atoms with E-state index in [9.17, 15) is 0 Å². The summed E-state index contributed by atoms with van der Waals surface area (Å²) in [6, 6.07) is 18.0. The van der Waals surface area contributed by atoms with Crippen LogP contribution in [0, 0.1) is 13.8 Å². The fraction of sp³-hybridized carbons (Fsp3) is 0.259. The normalized spacial score (nSPS) is 16.6. The third-order valence-corrected chi connectivity index (χ3v) is 10.8. The summed E-state index contributed by atoms with van der Waals surface area (Å²) >= 11 is -0.800. The monoisotopic (exact) mass is 493 g/mol. The van der Waals surface area contributed by atoms with Crippen molar-refractivity contribution in [1.29, 1.82) is 0 Å². The van der Waals surface area contributed by atoms with Gasteiger partial charge in [-0.3, -0.25) is 0 Å². The van der Waals surface area contributed by atoms with Crippen LogP contribution in [-0.4, -0.2) is 4.57 Å². The summed E-state index contributed by atoms with van der Waals surface area (Å²) in [7, 11) is 0. The van der Waals surface area contributed by atoms with Gasteiger partial charge in [0.1, 0.15) is 0 Å². The first-order chi connectivity index (χ1) is 14.2. The van der Waals surface area contributed by atoms with Crippen molar-refractivity contribution >= 4 is 22.7 Å². The number of allylic oxidation sites excluding steroid dienone is 5. The number of halogens is 2. The SMILES string of the molecule is CCCC1=[C]([Zr+2][CH]2C(n3c(C)c(C)c4ccccc43)=Cc3ccccc32)CC=C1.[F-].[F-]. The molecule has 158 valence electrons. The predicted octanol–water partition coefficient (Wildman–Crippen LogP) is 1.42. The zero-order valence-corrected chi connectivity index (χ0v) is 20.7. The molecule has 0 saturated carbocycles. The van der Waals surface area contributed by atoms with E-state index >= 15 is 0 Å². The average Bonchev–Trinajstić information content (AvgIpc) is 3.40. The summed E-state index contributed by atoms with van der Waals surface area (Å²) in [6.45, 7) is 6.87. The molecule has 2 aromatic carbocycles. The zero-order chi connectivity index (χ0) is 20.0. The van der Waals surface area contributed by atoms with Crippen molar-refractivity contribution in [3.63, 3.8) is 0 Å². The summed E-state index contributed by atoms with van der Waals surface area (Å²) in [5.41, 5.74) is 10.3. The molecule has 0 saturated heterocycles. The maximum Gasteiger partial charge on any atom is -1.00 e. The smallest absolute Gasteiger partial charge is 1.00 e. The van der Waals surface area contributed by atoms with Crippen molar-refractivity contribution in [2.75, 3.05) is 0 Å². The molecule has 1 atom stereocenters. The topological polar surface area (TPSA) is 4.93 Å². The fourth-order valence-electron chi connectivity index (χ4n) is 4.89. The van der Waals surface area contributed by atoms with Crippen LogP contribution in [0.3, 0.4) is 0 Å². The molecule has 2 aliphatic carbocycles. The number of hydrogen-bond donors (Lipinski definition) is 0. The average molecular weight is 495 g/mol. The van der Waals surface area contributed by atoms with Gasteiger partial charge in [0, 0.05) is 0 Å². The van der Waals surface area contributed by atoms with Gasteiger partial charge >= 0.3 is 186 Å². The Bertz CT molecular complexity index is 1200. The molecule has 0 fully saturated rings. The number of hydrogen-bond acceptors (Lipinski definition) is 0. The molecule has 5 rings (SSSR count). The molecule has 4 heteroatoms. The molecule has 1 nitrogen and oxygen atoms in total. The molecule has 0 aliphatic heterocycles. The van der Waals surface area contributed by atoms with Crippen molar-refractivity contribution in [2.24, 2.45) is 0 Å². The molecular formula is C27H27F2NZr. The fourth-order valence-corrected chi connectivity index (χ4v) is 9.21. The van der Waals surface area contributed by atoms with Gasteiger partial charge in [0.05, 0.1) is 0 Å². The van der Waals surface area contributed by atoms with Crippen molar-refractivity contribution in [3.8, 4) is 0 Å².